The van der Waals surface area contributed by atoms with E-state index in [-0.39, 0.29) is 11.7 Å². The van der Waals surface area contributed by atoms with Crippen molar-refractivity contribution in [3.8, 4) is 0 Å². The second kappa shape index (κ2) is 7.05. The minimum absolute atomic E-state index is 0.244. The number of carbonyl (C=O) groups excluding carboxylic acids is 1. The standard InChI is InChI=1S/C20H21FN2O2/c1-12(2)16-9-4-6-13(3)19(16)22-20(24)18-11-17(23-25-18)14-7-5-8-15(21)10-14/h4-10,12,18H,11H2,1-3H3,(H,22,24). The fraction of sp³-hybridized carbons (Fsp3) is 0.300. The predicted molar refractivity (Wildman–Crippen MR) is 96.3 cm³/mol. The third-order valence-electron chi connectivity index (χ3n) is 4.29. The fourth-order valence-corrected chi connectivity index (χ4v) is 2.90. The van der Waals surface area contributed by atoms with Crippen molar-refractivity contribution in [1.82, 2.24) is 0 Å². The molecule has 1 heterocycles. The number of para-hydroxylation sites is 1. The number of oxime groups is 1. The molecular formula is C20H21FN2O2. The summed E-state index contributed by atoms with van der Waals surface area (Å²) in [5.41, 5.74) is 4.12. The van der Waals surface area contributed by atoms with Gasteiger partial charge in [0.1, 0.15) is 5.82 Å². The fourth-order valence-electron chi connectivity index (χ4n) is 2.90. The number of anilines is 1. The maximum Gasteiger partial charge on any atom is 0.268 e. The van der Waals surface area contributed by atoms with E-state index in [0.717, 1.165) is 16.8 Å². The smallest absolute Gasteiger partial charge is 0.268 e. The van der Waals surface area contributed by atoms with Gasteiger partial charge in [-0.2, -0.15) is 0 Å². The average molecular weight is 340 g/mol. The molecule has 3 rings (SSSR count). The van der Waals surface area contributed by atoms with Crippen LogP contribution < -0.4 is 5.32 Å². The number of nitrogens with zero attached hydrogens (tertiary/aromatic N) is 1. The molecule has 0 aromatic heterocycles. The van der Waals surface area contributed by atoms with E-state index < -0.39 is 6.10 Å². The van der Waals surface area contributed by atoms with E-state index in [0.29, 0.717) is 23.6 Å². The van der Waals surface area contributed by atoms with E-state index in [9.17, 15) is 9.18 Å². The molecular weight excluding hydrogens is 319 g/mol. The molecule has 130 valence electrons. The second-order valence-electron chi connectivity index (χ2n) is 6.53. The highest BCUT2D eigenvalue weighted by Gasteiger charge is 2.29. The van der Waals surface area contributed by atoms with Crippen LogP contribution in [0.3, 0.4) is 0 Å². The molecule has 1 aliphatic rings. The Kier molecular flexibility index (Phi) is 4.83. The minimum Gasteiger partial charge on any atom is -0.382 e. The lowest BCUT2D eigenvalue weighted by atomic mass is 9.97. The molecule has 4 nitrogen and oxygen atoms in total. The number of carbonyl (C=O) groups is 1. The predicted octanol–water partition coefficient (Wildman–Crippen LogP) is 4.39. The lowest BCUT2D eigenvalue weighted by Gasteiger charge is -2.17. The maximum absolute atomic E-state index is 13.4. The van der Waals surface area contributed by atoms with Gasteiger partial charge in [0, 0.05) is 17.7 Å². The van der Waals surface area contributed by atoms with Gasteiger partial charge in [-0.1, -0.05) is 49.3 Å². The molecule has 1 amide bonds. The molecule has 0 bridgehead atoms. The van der Waals surface area contributed by atoms with Crippen LogP contribution >= 0.6 is 0 Å². The van der Waals surface area contributed by atoms with Gasteiger partial charge in [0.25, 0.3) is 5.91 Å². The van der Waals surface area contributed by atoms with Crippen molar-refractivity contribution in [3.63, 3.8) is 0 Å². The van der Waals surface area contributed by atoms with E-state index in [4.69, 9.17) is 4.84 Å². The first kappa shape index (κ1) is 17.1. The number of nitrogens with one attached hydrogen (secondary N) is 1. The lowest BCUT2D eigenvalue weighted by molar-refractivity contribution is -0.125. The molecule has 25 heavy (non-hydrogen) atoms. The van der Waals surface area contributed by atoms with Gasteiger partial charge in [-0.3, -0.25) is 4.79 Å². The number of aryl methyl sites for hydroxylation is 1. The molecule has 0 fully saturated rings. The third kappa shape index (κ3) is 3.71. The van der Waals surface area contributed by atoms with Gasteiger partial charge >= 0.3 is 0 Å². The first-order valence-corrected chi connectivity index (χ1v) is 8.34. The van der Waals surface area contributed by atoms with Crippen molar-refractivity contribution >= 4 is 17.3 Å². The largest absolute Gasteiger partial charge is 0.382 e. The van der Waals surface area contributed by atoms with Gasteiger partial charge < -0.3 is 10.2 Å². The average Bonchev–Trinajstić information content (AvgIpc) is 3.06. The zero-order valence-corrected chi connectivity index (χ0v) is 14.5. The highest BCUT2D eigenvalue weighted by Crippen LogP contribution is 2.28. The van der Waals surface area contributed by atoms with Gasteiger partial charge in [0.15, 0.2) is 0 Å². The zero-order valence-electron chi connectivity index (χ0n) is 14.5. The van der Waals surface area contributed by atoms with Crippen LogP contribution in [0, 0.1) is 12.7 Å². The Morgan fingerprint density at radius 2 is 2.04 bits per heavy atom. The van der Waals surface area contributed by atoms with Gasteiger partial charge in [-0.05, 0) is 36.1 Å². The van der Waals surface area contributed by atoms with Crippen molar-refractivity contribution in [2.75, 3.05) is 5.32 Å². The van der Waals surface area contributed by atoms with Crippen molar-refractivity contribution in [3.05, 3.63) is 65.0 Å². The van der Waals surface area contributed by atoms with Gasteiger partial charge in [-0.25, -0.2) is 4.39 Å². The lowest BCUT2D eigenvalue weighted by Crippen LogP contribution is -2.29. The summed E-state index contributed by atoms with van der Waals surface area (Å²) in [6.07, 6.45) is -0.393. The highest BCUT2D eigenvalue weighted by atomic mass is 19.1. The number of rotatable bonds is 4. The number of benzene rings is 2. The Labute approximate surface area is 146 Å². The quantitative estimate of drug-likeness (QED) is 0.897. The van der Waals surface area contributed by atoms with Crippen molar-refractivity contribution in [2.24, 2.45) is 5.16 Å². The molecule has 0 aliphatic carbocycles. The Balaban J connectivity index is 1.72. The van der Waals surface area contributed by atoms with Gasteiger partial charge in [-0.15, -0.1) is 0 Å². The van der Waals surface area contributed by atoms with Crippen LogP contribution in [0.4, 0.5) is 10.1 Å². The SMILES string of the molecule is Cc1cccc(C(C)C)c1NC(=O)C1CC(c2cccc(F)c2)=NO1. The van der Waals surface area contributed by atoms with E-state index in [2.05, 4.69) is 24.3 Å². The number of halogens is 1. The molecule has 0 radical (unpaired) electrons. The van der Waals surface area contributed by atoms with Crippen molar-refractivity contribution in [2.45, 2.75) is 39.2 Å². The number of amides is 1. The maximum atomic E-state index is 13.4. The molecule has 0 saturated carbocycles. The summed E-state index contributed by atoms with van der Waals surface area (Å²) in [5, 5.41) is 6.93. The zero-order chi connectivity index (χ0) is 18.0. The van der Waals surface area contributed by atoms with Gasteiger partial charge in [0.05, 0.1) is 5.71 Å². The van der Waals surface area contributed by atoms with Crippen LogP contribution in [0.1, 0.15) is 42.9 Å². The Bertz CT molecular complexity index is 830. The Morgan fingerprint density at radius 1 is 1.28 bits per heavy atom. The molecule has 0 saturated heterocycles. The van der Waals surface area contributed by atoms with Crippen LogP contribution in [0.2, 0.25) is 0 Å². The molecule has 1 atom stereocenters. The first-order chi connectivity index (χ1) is 12.0. The third-order valence-corrected chi connectivity index (χ3v) is 4.29. The topological polar surface area (TPSA) is 50.7 Å². The highest BCUT2D eigenvalue weighted by molar-refractivity contribution is 6.06. The van der Waals surface area contributed by atoms with Crippen LogP contribution in [-0.4, -0.2) is 17.7 Å². The summed E-state index contributed by atoms with van der Waals surface area (Å²) in [7, 11) is 0. The van der Waals surface area contributed by atoms with Crippen molar-refractivity contribution in [1.29, 1.82) is 0 Å². The molecule has 0 spiro atoms. The minimum atomic E-state index is -0.710. The molecule has 1 unspecified atom stereocenters. The normalized spacial score (nSPS) is 16.5. The monoisotopic (exact) mass is 340 g/mol. The summed E-state index contributed by atoms with van der Waals surface area (Å²) in [5.74, 6) is -0.292. The summed E-state index contributed by atoms with van der Waals surface area (Å²) in [6.45, 7) is 6.13. The second-order valence-corrected chi connectivity index (χ2v) is 6.53. The first-order valence-electron chi connectivity index (χ1n) is 8.34. The number of hydrogen-bond acceptors (Lipinski definition) is 3. The molecule has 2 aromatic carbocycles. The summed E-state index contributed by atoms with van der Waals surface area (Å²) >= 11 is 0. The summed E-state index contributed by atoms with van der Waals surface area (Å²) < 4.78 is 13.4. The number of hydrogen-bond donors (Lipinski definition) is 1. The van der Waals surface area contributed by atoms with Gasteiger partial charge in [0.2, 0.25) is 6.10 Å². The van der Waals surface area contributed by atoms with Crippen LogP contribution in [0.5, 0.6) is 0 Å². The van der Waals surface area contributed by atoms with Crippen molar-refractivity contribution < 1.29 is 14.0 Å². The molecule has 2 aromatic rings. The van der Waals surface area contributed by atoms with E-state index in [1.165, 1.54) is 12.1 Å². The van der Waals surface area contributed by atoms with E-state index in [1.54, 1.807) is 12.1 Å². The molecule has 1 N–H and O–H groups in total. The van der Waals surface area contributed by atoms with Crippen LogP contribution in [0.15, 0.2) is 47.6 Å². The summed E-state index contributed by atoms with van der Waals surface area (Å²) in [4.78, 5) is 17.9. The summed E-state index contributed by atoms with van der Waals surface area (Å²) in [6, 6.07) is 12.1. The van der Waals surface area contributed by atoms with E-state index in [1.807, 2.05) is 25.1 Å². The Hall–Kier alpha value is -2.69. The van der Waals surface area contributed by atoms with Crippen LogP contribution in [0.25, 0.3) is 0 Å². The Morgan fingerprint density at radius 3 is 2.76 bits per heavy atom. The molecule has 5 heteroatoms. The van der Waals surface area contributed by atoms with Crippen LogP contribution in [-0.2, 0) is 9.63 Å². The molecule has 1 aliphatic heterocycles. The van der Waals surface area contributed by atoms with E-state index >= 15 is 0 Å².